The fraction of sp³-hybridized carbons (Fsp3) is 0.333. The minimum absolute atomic E-state index is 0.0821. The van der Waals surface area contributed by atoms with Crippen molar-refractivity contribution in [2.24, 2.45) is 0 Å². The van der Waals surface area contributed by atoms with E-state index in [0.29, 0.717) is 5.82 Å². The maximum absolute atomic E-state index is 9.36. The number of pyridine rings is 1. The van der Waals surface area contributed by atoms with E-state index in [2.05, 4.69) is 38.9 Å². The Labute approximate surface area is 108 Å². The molecule has 0 amide bonds. The summed E-state index contributed by atoms with van der Waals surface area (Å²) < 4.78 is 2.73. The molecule has 4 nitrogen and oxygen atoms in total. The van der Waals surface area contributed by atoms with Gasteiger partial charge in [0.2, 0.25) is 0 Å². The van der Waals surface area contributed by atoms with Crippen LogP contribution in [0.25, 0.3) is 16.7 Å². The van der Waals surface area contributed by atoms with Gasteiger partial charge < -0.3 is 5.11 Å². The van der Waals surface area contributed by atoms with E-state index in [-0.39, 0.29) is 6.61 Å². The topological polar surface area (TPSA) is 50.9 Å². The highest BCUT2D eigenvalue weighted by Crippen LogP contribution is 2.22. The number of nitrogens with zero attached hydrogens (tertiary/aromatic N) is 3. The number of fused-ring (bicyclic) bond motifs is 1. The van der Waals surface area contributed by atoms with Gasteiger partial charge in [-0.15, -0.1) is 0 Å². The Morgan fingerprint density at radius 3 is 3.00 bits per heavy atom. The number of allylic oxidation sites excluding steroid dienone is 2. The molecule has 5 heteroatoms. The first kappa shape index (κ1) is 12.3. The van der Waals surface area contributed by atoms with Gasteiger partial charge >= 0.3 is 0 Å². The third-order valence-corrected chi connectivity index (χ3v) is 3.00. The molecule has 0 aliphatic rings. The first-order chi connectivity index (χ1) is 8.17. The van der Waals surface area contributed by atoms with Crippen LogP contribution in [0.15, 0.2) is 22.9 Å². The molecule has 2 rings (SSSR count). The minimum Gasteiger partial charge on any atom is -0.388 e. The largest absolute Gasteiger partial charge is 0.388 e. The molecule has 0 radical (unpaired) electrons. The highest BCUT2D eigenvalue weighted by molar-refractivity contribution is 9.10. The van der Waals surface area contributed by atoms with Crippen molar-refractivity contribution in [3.05, 3.63) is 28.8 Å². The zero-order chi connectivity index (χ0) is 12.4. The molecule has 0 fully saturated rings. The second-order valence-electron chi connectivity index (χ2n) is 3.77. The Morgan fingerprint density at radius 1 is 1.59 bits per heavy atom. The van der Waals surface area contributed by atoms with E-state index in [1.54, 1.807) is 6.20 Å². The van der Waals surface area contributed by atoms with Crippen LogP contribution in [0.1, 0.15) is 26.1 Å². The number of hydrogen-bond donors (Lipinski definition) is 1. The van der Waals surface area contributed by atoms with E-state index < -0.39 is 0 Å². The number of aliphatic hydroxyl groups is 1. The highest BCUT2D eigenvalue weighted by atomic mass is 79.9. The second-order valence-corrected chi connectivity index (χ2v) is 4.58. The third-order valence-electron chi connectivity index (χ3n) is 2.57. The van der Waals surface area contributed by atoms with Crippen molar-refractivity contribution >= 4 is 32.7 Å². The summed E-state index contributed by atoms with van der Waals surface area (Å²) in [5.74, 6) is 0.641. The van der Waals surface area contributed by atoms with Crippen LogP contribution < -0.4 is 0 Å². The molecule has 2 heterocycles. The Morgan fingerprint density at radius 2 is 2.35 bits per heavy atom. The smallest absolute Gasteiger partial charge is 0.140 e. The molecular weight excluding hydrogens is 282 g/mol. The lowest BCUT2D eigenvalue weighted by atomic mass is 10.3. The summed E-state index contributed by atoms with van der Waals surface area (Å²) in [6.07, 6.45) is 4.76. The fourth-order valence-electron chi connectivity index (χ4n) is 1.89. The summed E-state index contributed by atoms with van der Waals surface area (Å²) in [6, 6.07) is 1.91. The van der Waals surface area contributed by atoms with Gasteiger partial charge in [-0.1, -0.05) is 13.0 Å². The zero-order valence-electron chi connectivity index (χ0n) is 9.81. The van der Waals surface area contributed by atoms with Crippen LogP contribution in [0.5, 0.6) is 0 Å². The molecule has 0 aromatic carbocycles. The zero-order valence-corrected chi connectivity index (χ0v) is 11.4. The SMILES string of the molecule is CC/C=C(\C)n1c(CO)nc2cnc(Br)cc21. The summed E-state index contributed by atoms with van der Waals surface area (Å²) in [7, 11) is 0. The molecule has 0 aliphatic carbocycles. The summed E-state index contributed by atoms with van der Waals surface area (Å²) in [6.45, 7) is 4.01. The first-order valence-electron chi connectivity index (χ1n) is 5.48. The summed E-state index contributed by atoms with van der Waals surface area (Å²) in [5.41, 5.74) is 2.82. The van der Waals surface area contributed by atoms with Gasteiger partial charge in [-0.25, -0.2) is 9.97 Å². The number of aliphatic hydroxyl groups excluding tert-OH is 1. The van der Waals surface area contributed by atoms with Crippen molar-refractivity contribution < 1.29 is 5.11 Å². The average Bonchev–Trinajstić information content (AvgIpc) is 2.66. The van der Waals surface area contributed by atoms with Crippen molar-refractivity contribution in [1.29, 1.82) is 0 Å². The van der Waals surface area contributed by atoms with Crippen molar-refractivity contribution in [2.45, 2.75) is 26.9 Å². The molecule has 90 valence electrons. The third kappa shape index (κ3) is 2.25. The lowest BCUT2D eigenvalue weighted by Gasteiger charge is -2.07. The van der Waals surface area contributed by atoms with Gasteiger partial charge in [-0.3, -0.25) is 4.57 Å². The predicted octanol–water partition coefficient (Wildman–Crippen LogP) is 2.96. The molecular formula is C12H14BrN3O. The van der Waals surface area contributed by atoms with Crippen LogP contribution >= 0.6 is 15.9 Å². The van der Waals surface area contributed by atoms with E-state index in [9.17, 15) is 5.11 Å². The number of aromatic nitrogens is 3. The molecule has 0 saturated carbocycles. The molecule has 0 spiro atoms. The molecule has 2 aromatic heterocycles. The molecule has 1 N–H and O–H groups in total. The number of halogens is 1. The summed E-state index contributed by atoms with van der Waals surface area (Å²) >= 11 is 3.35. The standard InChI is InChI=1S/C12H14BrN3O/c1-3-4-8(2)16-10-5-11(13)14-6-9(10)15-12(16)7-17/h4-6,17H,3,7H2,1-2H3/b8-4+. The molecule has 2 aromatic rings. The molecule has 17 heavy (non-hydrogen) atoms. The molecule has 0 aliphatic heterocycles. The van der Waals surface area contributed by atoms with Crippen LogP contribution in [-0.2, 0) is 6.61 Å². The van der Waals surface area contributed by atoms with Crippen LogP contribution in [0.2, 0.25) is 0 Å². The van der Waals surface area contributed by atoms with Gasteiger partial charge in [0.05, 0.1) is 11.7 Å². The Bertz CT molecular complexity index is 574. The lowest BCUT2D eigenvalue weighted by molar-refractivity contribution is 0.270. The lowest BCUT2D eigenvalue weighted by Crippen LogP contribution is -2.00. The molecule has 0 bridgehead atoms. The van der Waals surface area contributed by atoms with Gasteiger partial charge in [0, 0.05) is 5.70 Å². The van der Waals surface area contributed by atoms with Gasteiger partial charge in [0.25, 0.3) is 0 Å². The predicted molar refractivity (Wildman–Crippen MR) is 71.4 cm³/mol. The molecule has 0 unspecified atom stereocenters. The highest BCUT2D eigenvalue weighted by Gasteiger charge is 2.11. The Hall–Kier alpha value is -1.20. The summed E-state index contributed by atoms with van der Waals surface area (Å²) in [5, 5.41) is 9.36. The normalized spacial score (nSPS) is 12.4. The van der Waals surface area contributed by atoms with E-state index in [0.717, 1.165) is 27.8 Å². The minimum atomic E-state index is -0.0821. The Balaban J connectivity index is 2.73. The number of hydrogen-bond acceptors (Lipinski definition) is 3. The van der Waals surface area contributed by atoms with Gasteiger partial charge in [-0.05, 0) is 35.3 Å². The quantitative estimate of drug-likeness (QED) is 0.886. The molecule has 0 atom stereocenters. The van der Waals surface area contributed by atoms with E-state index in [1.165, 1.54) is 0 Å². The monoisotopic (exact) mass is 295 g/mol. The second kappa shape index (κ2) is 4.98. The Kier molecular flexibility index (Phi) is 3.59. The van der Waals surface area contributed by atoms with Gasteiger partial charge in [-0.2, -0.15) is 0 Å². The van der Waals surface area contributed by atoms with Gasteiger partial charge in [0.15, 0.2) is 0 Å². The van der Waals surface area contributed by atoms with E-state index in [4.69, 9.17) is 0 Å². The molecule has 0 saturated heterocycles. The first-order valence-corrected chi connectivity index (χ1v) is 6.27. The van der Waals surface area contributed by atoms with Crippen LogP contribution in [-0.4, -0.2) is 19.6 Å². The fourth-order valence-corrected chi connectivity index (χ4v) is 2.21. The van der Waals surface area contributed by atoms with Crippen LogP contribution in [0.3, 0.4) is 0 Å². The average molecular weight is 296 g/mol. The van der Waals surface area contributed by atoms with Crippen LogP contribution in [0.4, 0.5) is 0 Å². The van der Waals surface area contributed by atoms with Crippen LogP contribution in [0, 0.1) is 0 Å². The number of rotatable bonds is 3. The maximum Gasteiger partial charge on any atom is 0.140 e. The number of imidazole rings is 1. The van der Waals surface area contributed by atoms with Crippen molar-refractivity contribution in [3.63, 3.8) is 0 Å². The maximum atomic E-state index is 9.36. The van der Waals surface area contributed by atoms with Crippen molar-refractivity contribution in [1.82, 2.24) is 14.5 Å². The van der Waals surface area contributed by atoms with Crippen molar-refractivity contribution in [2.75, 3.05) is 0 Å². The summed E-state index contributed by atoms with van der Waals surface area (Å²) in [4.78, 5) is 8.51. The van der Waals surface area contributed by atoms with Gasteiger partial charge in [0.1, 0.15) is 22.6 Å². The van der Waals surface area contributed by atoms with E-state index in [1.807, 2.05) is 17.6 Å². The van der Waals surface area contributed by atoms with Crippen molar-refractivity contribution in [3.8, 4) is 0 Å². The van der Waals surface area contributed by atoms with E-state index >= 15 is 0 Å².